The summed E-state index contributed by atoms with van der Waals surface area (Å²) in [5.41, 5.74) is 21.6. The van der Waals surface area contributed by atoms with Gasteiger partial charge in [0.15, 0.2) is 34.9 Å². The highest BCUT2D eigenvalue weighted by molar-refractivity contribution is 7.26. The van der Waals surface area contributed by atoms with Crippen LogP contribution in [0, 0.1) is 0 Å². The van der Waals surface area contributed by atoms with Gasteiger partial charge in [-0.25, -0.2) is 29.9 Å². The smallest absolute Gasteiger partial charge is 0.164 e. The lowest BCUT2D eigenvalue weighted by Crippen LogP contribution is -2.00. The third kappa shape index (κ3) is 10.4. The van der Waals surface area contributed by atoms with Crippen LogP contribution in [-0.4, -0.2) is 39.0 Å². The summed E-state index contributed by atoms with van der Waals surface area (Å²) in [6.07, 6.45) is 0. The van der Waals surface area contributed by atoms with Gasteiger partial charge >= 0.3 is 0 Å². The minimum absolute atomic E-state index is 0.544. The number of furan rings is 2. The van der Waals surface area contributed by atoms with Gasteiger partial charge < -0.3 is 18.0 Å². The maximum Gasteiger partial charge on any atom is 0.164 e. The zero-order valence-corrected chi connectivity index (χ0v) is 62.3. The van der Waals surface area contributed by atoms with Gasteiger partial charge in [-0.05, 0) is 149 Å². The van der Waals surface area contributed by atoms with Crippen LogP contribution in [0.25, 0.3) is 241 Å². The Morgan fingerprint density at radius 1 is 0.193 bits per heavy atom. The highest BCUT2D eigenvalue weighted by atomic mass is 32.1. The van der Waals surface area contributed by atoms with Crippen molar-refractivity contribution in [2.75, 3.05) is 0 Å². The van der Waals surface area contributed by atoms with Gasteiger partial charge in [-0.3, -0.25) is 0 Å². The highest BCUT2D eigenvalue weighted by Crippen LogP contribution is 2.46. The predicted molar refractivity (Wildman–Crippen MR) is 471 cm³/mol. The standard InChI is InChI=1S/C102H58N8O2S2/c1-4-18-59(19-5-1)97-103-99(66-37-45-78-77-44-35-63(54-89(77)111-90(78)55-66)62-34-42-75-73-26-10-13-31-85(73)109(87(75)52-62)70-22-6-2-7-23-70)107-101(104-97)69-40-48-82-84-51-61(41-49-93(84)114-95(82)58-69)60-20-16-21-65(50-60)98-105-100(108-102(106-98)68-39-47-81-80-28-12-15-33-92(80)113-94(81)57-68)67-38-46-79-83-30-17-29-72(96(83)112-91(79)56-67)64-36-43-76-74-27-11-14-32-86(74)110(88(76)53-64)71-24-8-3-9-25-71/h1-58H. The van der Waals surface area contributed by atoms with E-state index in [1.165, 1.54) is 57.5 Å². The Labute approximate surface area is 658 Å². The van der Waals surface area contributed by atoms with Crippen LogP contribution < -0.4 is 0 Å². The van der Waals surface area contributed by atoms with Crippen molar-refractivity contribution < 1.29 is 8.83 Å². The summed E-state index contributed by atoms with van der Waals surface area (Å²) in [5, 5.41) is 13.7. The average Bonchev–Trinajstić information content (AvgIpc) is 1.58. The Hall–Kier alpha value is -14.8. The van der Waals surface area contributed by atoms with Crippen LogP contribution in [0.15, 0.2) is 361 Å². The van der Waals surface area contributed by atoms with Gasteiger partial charge in [0.25, 0.3) is 0 Å². The maximum atomic E-state index is 7.04. The lowest BCUT2D eigenvalue weighted by Gasteiger charge is -2.10. The molecule has 10 nitrogen and oxygen atoms in total. The van der Waals surface area contributed by atoms with Crippen molar-refractivity contribution in [3.63, 3.8) is 0 Å². The fourth-order valence-electron chi connectivity index (χ4n) is 17.2. The molecule has 24 rings (SSSR count). The van der Waals surface area contributed by atoms with Crippen molar-refractivity contribution in [1.82, 2.24) is 39.0 Å². The molecular formula is C102H58N8O2S2. The van der Waals surface area contributed by atoms with Gasteiger partial charge in [0, 0.05) is 134 Å². The SMILES string of the molecule is c1ccc(-c2nc(-c3ccc4c(c3)oc3cc(-c5ccc6c7ccccc7n(-c7ccccc7)c6c5)ccc34)nc(-c3ccc4c(c3)sc3ccc(-c5cccc(-c6nc(-c7ccc8c(c7)oc7c(-c9ccc%10c%11ccccc%11n(-c%11ccccc%11)c%10c9)cccc78)nc(-c7ccc8c(c7)sc7ccccc78)n6)c5)cc34)n2)cc1. The number of para-hydroxylation sites is 5. The monoisotopic (exact) mass is 1490 g/mol. The number of hydrogen-bond acceptors (Lipinski definition) is 10. The molecule has 114 heavy (non-hydrogen) atoms. The first-order valence-electron chi connectivity index (χ1n) is 38.1. The van der Waals surface area contributed by atoms with Crippen LogP contribution in [-0.2, 0) is 0 Å². The van der Waals surface area contributed by atoms with Gasteiger partial charge in [-0.1, -0.05) is 231 Å². The number of benzene rings is 16. The van der Waals surface area contributed by atoms with Gasteiger partial charge in [0.1, 0.15) is 22.3 Å². The van der Waals surface area contributed by atoms with Gasteiger partial charge in [0.2, 0.25) is 0 Å². The van der Waals surface area contributed by atoms with E-state index < -0.39 is 0 Å². The average molecular weight is 1490 g/mol. The van der Waals surface area contributed by atoms with E-state index >= 15 is 0 Å². The van der Waals surface area contributed by atoms with Crippen molar-refractivity contribution in [2.45, 2.75) is 0 Å². The number of fused-ring (bicyclic) bond motifs is 18. The Balaban J connectivity index is 0.567. The third-order valence-corrected chi connectivity index (χ3v) is 24.9. The number of hydrogen-bond donors (Lipinski definition) is 0. The molecule has 0 N–H and O–H groups in total. The molecule has 0 aliphatic rings. The first-order valence-corrected chi connectivity index (χ1v) is 39.7. The van der Waals surface area contributed by atoms with Crippen LogP contribution >= 0.6 is 22.7 Å². The Bertz CT molecular complexity index is 8130. The van der Waals surface area contributed by atoms with Crippen molar-refractivity contribution >= 4 is 151 Å². The van der Waals surface area contributed by atoms with E-state index in [0.29, 0.717) is 34.9 Å². The summed E-state index contributed by atoms with van der Waals surface area (Å²) in [6.45, 7) is 0. The summed E-state index contributed by atoms with van der Waals surface area (Å²) in [5.74, 6) is 3.41. The number of nitrogens with zero attached hydrogens (tertiary/aromatic N) is 8. The second-order valence-corrected chi connectivity index (χ2v) is 31.4. The molecule has 0 aliphatic heterocycles. The first-order chi connectivity index (χ1) is 56.4. The summed E-state index contributed by atoms with van der Waals surface area (Å²) < 4.78 is 23.3. The van der Waals surface area contributed by atoms with E-state index in [1.807, 2.05) is 30.3 Å². The minimum atomic E-state index is 0.544. The van der Waals surface area contributed by atoms with E-state index in [1.54, 1.807) is 22.7 Å². The number of rotatable bonds is 11. The molecule has 0 bridgehead atoms. The third-order valence-electron chi connectivity index (χ3n) is 22.6. The molecule has 24 aromatic rings. The minimum Gasteiger partial charge on any atom is -0.456 e. The van der Waals surface area contributed by atoms with E-state index in [9.17, 15) is 0 Å². The zero-order valence-electron chi connectivity index (χ0n) is 60.7. The Morgan fingerprint density at radius 3 is 1.14 bits per heavy atom. The van der Waals surface area contributed by atoms with Gasteiger partial charge in [-0.2, -0.15) is 0 Å². The number of aromatic nitrogens is 8. The molecular weight excluding hydrogens is 1430 g/mol. The molecule has 0 unspecified atom stereocenters. The fourth-order valence-corrected chi connectivity index (χ4v) is 19.4. The zero-order chi connectivity index (χ0) is 74.6. The molecule has 0 saturated heterocycles. The Morgan fingerprint density at radius 2 is 0.544 bits per heavy atom. The molecule has 0 atom stereocenters. The van der Waals surface area contributed by atoms with Crippen molar-refractivity contribution in [3.05, 3.63) is 352 Å². The van der Waals surface area contributed by atoms with Crippen LogP contribution in [0.4, 0.5) is 0 Å². The quantitative estimate of drug-likeness (QED) is 0.126. The van der Waals surface area contributed by atoms with Crippen molar-refractivity contribution in [1.29, 1.82) is 0 Å². The number of thiophene rings is 2. The highest BCUT2D eigenvalue weighted by Gasteiger charge is 2.23. The second kappa shape index (κ2) is 25.4. The molecule has 0 saturated carbocycles. The molecule has 8 aromatic heterocycles. The van der Waals surface area contributed by atoms with Crippen LogP contribution in [0.5, 0.6) is 0 Å². The fraction of sp³-hybridized carbons (Fsp3) is 0. The molecule has 16 aromatic carbocycles. The first kappa shape index (κ1) is 64.0. The summed E-state index contributed by atoms with van der Waals surface area (Å²) in [7, 11) is 0. The van der Waals surface area contributed by atoms with Gasteiger partial charge in [-0.15, -0.1) is 22.7 Å². The predicted octanol–water partition coefficient (Wildman–Crippen LogP) is 27.8. The van der Waals surface area contributed by atoms with E-state index in [0.717, 1.165) is 149 Å². The lowest BCUT2D eigenvalue weighted by molar-refractivity contribution is 0.669. The van der Waals surface area contributed by atoms with E-state index in [2.05, 4.69) is 331 Å². The molecule has 0 aliphatic carbocycles. The van der Waals surface area contributed by atoms with E-state index in [-0.39, 0.29) is 0 Å². The van der Waals surface area contributed by atoms with Crippen LogP contribution in [0.2, 0.25) is 0 Å². The maximum absolute atomic E-state index is 7.04. The summed E-state index contributed by atoms with van der Waals surface area (Å²) in [6, 6.07) is 125. The second-order valence-electron chi connectivity index (χ2n) is 29.3. The summed E-state index contributed by atoms with van der Waals surface area (Å²) in [4.78, 5) is 31.7. The van der Waals surface area contributed by atoms with Crippen molar-refractivity contribution in [3.8, 4) is 113 Å². The topological polar surface area (TPSA) is 113 Å². The normalized spacial score (nSPS) is 12.0. The molecule has 530 valence electrons. The van der Waals surface area contributed by atoms with Gasteiger partial charge in [0.05, 0.1) is 22.1 Å². The molecule has 8 heterocycles. The van der Waals surface area contributed by atoms with Crippen LogP contribution in [0.1, 0.15) is 0 Å². The van der Waals surface area contributed by atoms with Crippen LogP contribution in [0.3, 0.4) is 0 Å². The largest absolute Gasteiger partial charge is 0.456 e. The lowest BCUT2D eigenvalue weighted by atomic mass is 10.00. The van der Waals surface area contributed by atoms with Crippen molar-refractivity contribution in [2.24, 2.45) is 0 Å². The Kier molecular flexibility index (Phi) is 14.3. The molecule has 0 fully saturated rings. The molecule has 12 heteroatoms. The molecule has 0 radical (unpaired) electrons. The molecule has 0 spiro atoms. The summed E-state index contributed by atoms with van der Waals surface area (Å²) >= 11 is 3.54. The molecule has 0 amide bonds. The van der Waals surface area contributed by atoms with E-state index in [4.69, 9.17) is 38.7 Å².